The lowest BCUT2D eigenvalue weighted by atomic mass is 9.95. The highest BCUT2D eigenvalue weighted by atomic mass is 35.5. The van der Waals surface area contributed by atoms with Gasteiger partial charge in [0.15, 0.2) is 11.6 Å². The van der Waals surface area contributed by atoms with E-state index in [-0.39, 0.29) is 18.4 Å². The largest absolute Gasteiger partial charge is 0.364 e. The van der Waals surface area contributed by atoms with Crippen LogP contribution in [0.15, 0.2) is 91.0 Å². The van der Waals surface area contributed by atoms with Crippen molar-refractivity contribution in [3.63, 3.8) is 0 Å². The zero-order chi connectivity index (χ0) is 33.2. The van der Waals surface area contributed by atoms with E-state index in [1.165, 1.54) is 73.3 Å². The first-order chi connectivity index (χ1) is 22.5. The Labute approximate surface area is 291 Å². The predicted molar refractivity (Wildman–Crippen MR) is 200 cm³/mol. The molecule has 1 aliphatic heterocycles. The maximum atomic E-state index is 14.6. The third-order valence-corrected chi connectivity index (χ3v) is 10.4. The monoisotopic (exact) mass is 664 g/mol. The van der Waals surface area contributed by atoms with E-state index in [4.69, 9.17) is 0 Å². The van der Waals surface area contributed by atoms with Crippen LogP contribution in [0.2, 0.25) is 0 Å². The quantitative estimate of drug-likeness (QED) is 0.163. The average molecular weight is 665 g/mol. The van der Waals surface area contributed by atoms with Gasteiger partial charge in [-0.1, -0.05) is 60.7 Å². The normalized spacial score (nSPS) is 13.8. The van der Waals surface area contributed by atoms with Crippen molar-refractivity contribution >= 4 is 18.1 Å². The van der Waals surface area contributed by atoms with Gasteiger partial charge in [-0.25, -0.2) is 8.78 Å². The van der Waals surface area contributed by atoms with Crippen LogP contribution in [-0.4, -0.2) is 24.0 Å². The molecule has 1 heterocycles. The molecule has 48 heavy (non-hydrogen) atoms. The molecule has 0 unspecified atom stereocenters. The highest BCUT2D eigenvalue weighted by Gasteiger charge is 2.26. The molecule has 0 saturated carbocycles. The lowest BCUT2D eigenvalue weighted by Crippen LogP contribution is -2.44. The maximum absolute atomic E-state index is 14.6. The second-order valence-electron chi connectivity index (χ2n) is 13.6. The fraction of sp³-hybridized carbons (Fsp3) is 0.302. The Balaban J connectivity index is 0.00000451. The molecule has 2 nitrogen and oxygen atoms in total. The number of hydrogen-bond donors (Lipinski definition) is 0. The molecule has 5 aromatic carbocycles. The van der Waals surface area contributed by atoms with Crippen LogP contribution in [0.1, 0.15) is 57.3 Å². The Morgan fingerprint density at radius 2 is 1.08 bits per heavy atom. The van der Waals surface area contributed by atoms with Crippen molar-refractivity contribution in [2.45, 2.75) is 73.5 Å². The van der Waals surface area contributed by atoms with Gasteiger partial charge in [0.25, 0.3) is 0 Å². The highest BCUT2D eigenvalue weighted by Crippen LogP contribution is 2.31. The molecule has 0 N–H and O–H groups in total. The molecule has 0 aliphatic carbocycles. The summed E-state index contributed by atoms with van der Waals surface area (Å²) in [5.41, 5.74) is 16.0. The molecule has 0 amide bonds. The summed E-state index contributed by atoms with van der Waals surface area (Å²) in [5, 5.41) is 0. The van der Waals surface area contributed by atoms with Crippen LogP contribution in [0.5, 0.6) is 0 Å². The molecular formula is C43H47ClF2N2. The molecule has 5 aromatic rings. The van der Waals surface area contributed by atoms with E-state index in [1.54, 1.807) is 6.07 Å². The Kier molecular flexibility index (Phi) is 11.1. The molecule has 0 atom stereocenters. The van der Waals surface area contributed by atoms with Gasteiger partial charge in [-0.3, -0.25) is 4.90 Å². The van der Waals surface area contributed by atoms with E-state index < -0.39 is 11.6 Å². The van der Waals surface area contributed by atoms with E-state index >= 15 is 0 Å². The summed E-state index contributed by atoms with van der Waals surface area (Å²) in [7, 11) is 0. The fourth-order valence-electron chi connectivity index (χ4n) is 7.04. The number of likely N-dealkylation sites (tertiary alicyclic amines) is 1. The summed E-state index contributed by atoms with van der Waals surface area (Å²) >= 11 is 0. The molecule has 1 saturated heterocycles. The van der Waals surface area contributed by atoms with Crippen molar-refractivity contribution in [1.29, 1.82) is 0 Å². The number of anilines is 1. The van der Waals surface area contributed by atoms with Gasteiger partial charge in [0.1, 0.15) is 0 Å². The Morgan fingerprint density at radius 3 is 1.60 bits per heavy atom. The number of nitrogens with zero attached hydrogens (tertiary/aromatic N) is 2. The van der Waals surface area contributed by atoms with Gasteiger partial charge < -0.3 is 4.90 Å². The second-order valence-corrected chi connectivity index (χ2v) is 13.6. The van der Waals surface area contributed by atoms with Gasteiger partial charge in [-0.15, -0.1) is 12.4 Å². The minimum atomic E-state index is -0.811. The first-order valence-electron chi connectivity index (χ1n) is 16.8. The number of piperidine rings is 1. The van der Waals surface area contributed by atoms with Gasteiger partial charge in [-0.2, -0.15) is 0 Å². The third kappa shape index (κ3) is 7.83. The summed E-state index contributed by atoms with van der Waals surface area (Å²) in [6, 6.07) is 31.2. The average Bonchev–Trinajstić information content (AvgIpc) is 3.06. The molecule has 6 rings (SSSR count). The molecule has 0 spiro atoms. The first-order valence-corrected chi connectivity index (χ1v) is 16.8. The Morgan fingerprint density at radius 1 is 0.583 bits per heavy atom. The molecule has 250 valence electrons. The van der Waals surface area contributed by atoms with Gasteiger partial charge in [-0.05, 0) is 145 Å². The topological polar surface area (TPSA) is 6.48 Å². The second kappa shape index (κ2) is 15.1. The van der Waals surface area contributed by atoms with Crippen LogP contribution in [0.4, 0.5) is 14.5 Å². The van der Waals surface area contributed by atoms with Crippen molar-refractivity contribution in [3.05, 3.63) is 147 Å². The molecule has 1 aliphatic rings. The van der Waals surface area contributed by atoms with Gasteiger partial charge in [0.2, 0.25) is 0 Å². The molecule has 5 heteroatoms. The molecular weight excluding hydrogens is 618 g/mol. The number of benzene rings is 5. The predicted octanol–water partition coefficient (Wildman–Crippen LogP) is 11.2. The van der Waals surface area contributed by atoms with E-state index in [9.17, 15) is 8.78 Å². The third-order valence-electron chi connectivity index (χ3n) is 10.4. The minimum Gasteiger partial charge on any atom is -0.364 e. The van der Waals surface area contributed by atoms with Gasteiger partial charge in [0, 0.05) is 44.0 Å². The summed E-state index contributed by atoms with van der Waals surface area (Å²) in [4.78, 5) is 4.81. The Bertz CT molecular complexity index is 1860. The van der Waals surface area contributed by atoms with Crippen molar-refractivity contribution in [1.82, 2.24) is 4.90 Å². The number of halogens is 3. The number of rotatable bonds is 8. The van der Waals surface area contributed by atoms with Crippen molar-refractivity contribution in [3.8, 4) is 22.3 Å². The lowest BCUT2D eigenvalue weighted by Gasteiger charge is -2.40. The fourth-order valence-corrected chi connectivity index (χ4v) is 7.04. The van der Waals surface area contributed by atoms with Crippen LogP contribution in [-0.2, 0) is 13.1 Å². The summed E-state index contributed by atoms with van der Waals surface area (Å²) in [6.07, 6.45) is 1.90. The zero-order valence-electron chi connectivity index (χ0n) is 29.0. The summed E-state index contributed by atoms with van der Waals surface area (Å²) < 4.78 is 28.6. The van der Waals surface area contributed by atoms with Crippen LogP contribution in [0.3, 0.4) is 0 Å². The zero-order valence-corrected chi connectivity index (χ0v) is 29.9. The molecule has 1 fully saturated rings. The first kappa shape index (κ1) is 35.3. The summed E-state index contributed by atoms with van der Waals surface area (Å²) in [5.74, 6) is -1.61. The SMILES string of the molecule is Cc1cc(-c2cccc(CN3CCC(N(Cc4cccc(-c5cc(C)c(C)c(C)c5)c4)c4ccc(F)c(F)c4)CC3)c2)cc(C)c1C.Cl. The van der Waals surface area contributed by atoms with Crippen LogP contribution >= 0.6 is 12.4 Å². The number of hydrogen-bond acceptors (Lipinski definition) is 2. The highest BCUT2D eigenvalue weighted by molar-refractivity contribution is 5.85. The van der Waals surface area contributed by atoms with Crippen LogP contribution in [0, 0.1) is 53.2 Å². The van der Waals surface area contributed by atoms with Gasteiger partial charge in [0.05, 0.1) is 0 Å². The molecule has 0 bridgehead atoms. The van der Waals surface area contributed by atoms with E-state index in [1.807, 2.05) is 0 Å². The van der Waals surface area contributed by atoms with E-state index in [0.717, 1.165) is 43.7 Å². The minimum absolute atomic E-state index is 0. The van der Waals surface area contributed by atoms with Crippen molar-refractivity contribution < 1.29 is 8.78 Å². The molecule has 0 radical (unpaired) electrons. The van der Waals surface area contributed by atoms with Crippen LogP contribution in [0.25, 0.3) is 22.3 Å². The smallest absolute Gasteiger partial charge is 0.160 e. The van der Waals surface area contributed by atoms with Crippen LogP contribution < -0.4 is 4.90 Å². The standard InChI is InChI=1S/C43H46F2N2.ClH/c1-28-19-38(20-29(2)32(28)5)36-11-7-9-34(23-36)26-46-17-15-40(16-18-46)47(41-13-14-42(44)43(45)25-41)27-35-10-8-12-37(24-35)39-21-30(3)33(6)31(4)22-39;/h7-14,19-25,40H,15-18,26-27H2,1-6H3;1H. The lowest BCUT2D eigenvalue weighted by molar-refractivity contribution is 0.201. The van der Waals surface area contributed by atoms with E-state index in [0.29, 0.717) is 6.54 Å². The van der Waals surface area contributed by atoms with E-state index in [2.05, 4.69) is 124 Å². The molecule has 0 aromatic heterocycles. The van der Waals surface area contributed by atoms with Gasteiger partial charge >= 0.3 is 0 Å². The number of aryl methyl sites for hydroxylation is 4. The maximum Gasteiger partial charge on any atom is 0.160 e. The summed E-state index contributed by atoms with van der Waals surface area (Å²) in [6.45, 7) is 16.5. The Hall–Kier alpha value is -3.99. The van der Waals surface area contributed by atoms with Crippen molar-refractivity contribution in [2.75, 3.05) is 18.0 Å². The van der Waals surface area contributed by atoms with Crippen molar-refractivity contribution in [2.24, 2.45) is 0 Å².